The van der Waals surface area contributed by atoms with Gasteiger partial charge in [0.1, 0.15) is 23.9 Å². The molecule has 1 aliphatic carbocycles. The van der Waals surface area contributed by atoms with Crippen molar-refractivity contribution in [2.75, 3.05) is 32.8 Å². The number of nitrogens with zero attached hydrogens (tertiary/aromatic N) is 1. The third kappa shape index (κ3) is 4.32. The summed E-state index contributed by atoms with van der Waals surface area (Å²) < 4.78 is 25.8. The molecule has 1 saturated carbocycles. The Labute approximate surface area is 172 Å². The Balaban J connectivity index is 1.51. The zero-order valence-corrected chi connectivity index (χ0v) is 16.8. The molecular weight excluding hydrogens is 365 g/mol. The fraction of sp³-hybridized carbons (Fsp3) is 0.440. The van der Waals surface area contributed by atoms with Crippen molar-refractivity contribution in [2.45, 2.75) is 32.1 Å². The Bertz CT molecular complexity index is 896. The van der Waals surface area contributed by atoms with Crippen LogP contribution in [0.3, 0.4) is 0 Å². The van der Waals surface area contributed by atoms with Crippen molar-refractivity contribution >= 4 is 5.57 Å². The zero-order valence-electron chi connectivity index (χ0n) is 16.8. The second-order valence-electron chi connectivity index (χ2n) is 8.52. The van der Waals surface area contributed by atoms with E-state index in [1.807, 2.05) is 24.3 Å². The van der Waals surface area contributed by atoms with Crippen molar-refractivity contribution < 1.29 is 13.9 Å². The van der Waals surface area contributed by atoms with Gasteiger partial charge < -0.3 is 9.47 Å². The summed E-state index contributed by atoms with van der Waals surface area (Å²) in [6.07, 6.45) is 6.39. The Hall–Kier alpha value is -2.33. The molecule has 4 heteroatoms. The molecule has 0 radical (unpaired) electrons. The number of hydrogen-bond donors (Lipinski definition) is 0. The predicted molar refractivity (Wildman–Crippen MR) is 113 cm³/mol. The van der Waals surface area contributed by atoms with Gasteiger partial charge in [-0.05, 0) is 91.7 Å². The van der Waals surface area contributed by atoms with E-state index in [-0.39, 0.29) is 5.82 Å². The second-order valence-corrected chi connectivity index (χ2v) is 8.52. The van der Waals surface area contributed by atoms with E-state index in [0.717, 1.165) is 48.9 Å². The van der Waals surface area contributed by atoms with Crippen LogP contribution in [0.5, 0.6) is 11.5 Å². The van der Waals surface area contributed by atoms with Gasteiger partial charge in [-0.3, -0.25) is 4.90 Å². The van der Waals surface area contributed by atoms with Crippen LogP contribution in [0.1, 0.15) is 43.2 Å². The van der Waals surface area contributed by atoms with Crippen molar-refractivity contribution in [3.8, 4) is 11.5 Å². The molecule has 2 aromatic carbocycles. The largest absolute Gasteiger partial charge is 0.493 e. The first-order chi connectivity index (χ1) is 14.3. The zero-order chi connectivity index (χ0) is 19.6. The highest BCUT2D eigenvalue weighted by Gasteiger charge is 2.25. The lowest BCUT2D eigenvalue weighted by atomic mass is 9.90. The van der Waals surface area contributed by atoms with Crippen LogP contribution in [-0.4, -0.2) is 37.7 Å². The molecule has 3 aliphatic rings. The Morgan fingerprint density at radius 3 is 2.55 bits per heavy atom. The minimum absolute atomic E-state index is 0.208. The van der Waals surface area contributed by atoms with E-state index in [1.54, 1.807) is 12.1 Å². The summed E-state index contributed by atoms with van der Waals surface area (Å²) in [5, 5.41) is 0. The monoisotopic (exact) mass is 393 g/mol. The fourth-order valence-electron chi connectivity index (χ4n) is 4.33. The third-order valence-electron chi connectivity index (χ3n) is 6.15. The van der Waals surface area contributed by atoms with Gasteiger partial charge in [-0.15, -0.1) is 0 Å². The van der Waals surface area contributed by atoms with E-state index < -0.39 is 0 Å². The molecule has 0 aromatic heterocycles. The van der Waals surface area contributed by atoms with Crippen LogP contribution in [0.15, 0.2) is 48.0 Å². The summed E-state index contributed by atoms with van der Waals surface area (Å²) in [6.45, 7) is 4.54. The molecular formula is C25H28FNO2. The number of ether oxygens (including phenoxy) is 2. The first-order valence-corrected chi connectivity index (χ1v) is 10.9. The number of fused-ring (bicyclic) bond motifs is 1. The average molecular weight is 394 g/mol. The first-order valence-electron chi connectivity index (χ1n) is 10.9. The van der Waals surface area contributed by atoms with Crippen molar-refractivity contribution in [2.24, 2.45) is 5.92 Å². The SMILES string of the molecule is Fc1ccc(C2=C(CN3CCCCC3)COc3ccc(OCC4CC4)cc32)cc1. The second kappa shape index (κ2) is 8.19. The van der Waals surface area contributed by atoms with Crippen LogP contribution in [0, 0.1) is 11.7 Å². The highest BCUT2D eigenvalue weighted by Crippen LogP contribution is 2.40. The van der Waals surface area contributed by atoms with Crippen molar-refractivity contribution in [1.29, 1.82) is 0 Å². The van der Waals surface area contributed by atoms with Crippen LogP contribution < -0.4 is 9.47 Å². The molecule has 1 saturated heterocycles. The molecule has 2 heterocycles. The van der Waals surface area contributed by atoms with Crippen LogP contribution in [-0.2, 0) is 0 Å². The van der Waals surface area contributed by atoms with Gasteiger partial charge in [-0.25, -0.2) is 4.39 Å². The van der Waals surface area contributed by atoms with Gasteiger partial charge in [-0.1, -0.05) is 18.6 Å². The summed E-state index contributed by atoms with van der Waals surface area (Å²) in [6, 6.07) is 13.0. The maximum Gasteiger partial charge on any atom is 0.127 e. The highest BCUT2D eigenvalue weighted by atomic mass is 19.1. The van der Waals surface area contributed by atoms with E-state index in [9.17, 15) is 4.39 Å². The maximum absolute atomic E-state index is 13.6. The molecule has 2 aliphatic heterocycles. The Kier molecular flexibility index (Phi) is 5.28. The van der Waals surface area contributed by atoms with Crippen molar-refractivity contribution in [3.63, 3.8) is 0 Å². The molecule has 29 heavy (non-hydrogen) atoms. The van der Waals surface area contributed by atoms with Crippen molar-refractivity contribution in [3.05, 3.63) is 65.0 Å². The van der Waals surface area contributed by atoms with E-state index in [0.29, 0.717) is 12.5 Å². The van der Waals surface area contributed by atoms with Crippen LogP contribution in [0.25, 0.3) is 5.57 Å². The number of likely N-dealkylation sites (tertiary alicyclic amines) is 1. The van der Waals surface area contributed by atoms with Crippen LogP contribution in [0.4, 0.5) is 4.39 Å². The molecule has 2 aromatic rings. The molecule has 0 bridgehead atoms. The quantitative estimate of drug-likeness (QED) is 0.665. The number of rotatable bonds is 6. The van der Waals surface area contributed by atoms with Gasteiger partial charge >= 0.3 is 0 Å². The topological polar surface area (TPSA) is 21.7 Å². The standard InChI is InChI=1S/C25H28FNO2/c26-21-8-6-19(7-9-21)25-20(15-27-12-2-1-3-13-27)17-29-24-11-10-22(14-23(24)25)28-16-18-4-5-18/h6-11,14,18H,1-5,12-13,15-17H2. The molecule has 5 rings (SSSR count). The molecule has 0 amide bonds. The average Bonchev–Trinajstić information content (AvgIpc) is 3.58. The van der Waals surface area contributed by atoms with Gasteiger partial charge in [0, 0.05) is 12.1 Å². The predicted octanol–water partition coefficient (Wildman–Crippen LogP) is 5.29. The van der Waals surface area contributed by atoms with E-state index in [4.69, 9.17) is 9.47 Å². The molecule has 152 valence electrons. The normalized spacial score (nSPS) is 19.6. The first kappa shape index (κ1) is 18.7. The number of halogens is 1. The van der Waals surface area contributed by atoms with Crippen molar-refractivity contribution in [1.82, 2.24) is 4.90 Å². The van der Waals surface area contributed by atoms with Gasteiger partial charge in [0.05, 0.1) is 6.61 Å². The smallest absolute Gasteiger partial charge is 0.127 e. The molecule has 0 spiro atoms. The van der Waals surface area contributed by atoms with Gasteiger partial charge in [0.15, 0.2) is 0 Å². The number of hydrogen-bond acceptors (Lipinski definition) is 3. The summed E-state index contributed by atoms with van der Waals surface area (Å²) in [5.41, 5.74) is 4.55. The van der Waals surface area contributed by atoms with E-state index in [1.165, 1.54) is 43.3 Å². The summed E-state index contributed by atoms with van der Waals surface area (Å²) in [7, 11) is 0. The van der Waals surface area contributed by atoms with E-state index in [2.05, 4.69) is 11.0 Å². The molecule has 0 unspecified atom stereocenters. The number of benzene rings is 2. The molecule has 2 fully saturated rings. The fourth-order valence-corrected chi connectivity index (χ4v) is 4.33. The van der Waals surface area contributed by atoms with Gasteiger partial charge in [0.25, 0.3) is 0 Å². The summed E-state index contributed by atoms with van der Waals surface area (Å²) >= 11 is 0. The lowest BCUT2D eigenvalue weighted by Crippen LogP contribution is -2.33. The minimum atomic E-state index is -0.208. The lowest BCUT2D eigenvalue weighted by molar-refractivity contribution is 0.234. The summed E-state index contributed by atoms with van der Waals surface area (Å²) in [5.74, 6) is 2.27. The molecule has 0 N–H and O–H groups in total. The number of piperidine rings is 1. The summed E-state index contributed by atoms with van der Waals surface area (Å²) in [4.78, 5) is 2.52. The maximum atomic E-state index is 13.6. The Morgan fingerprint density at radius 1 is 1.00 bits per heavy atom. The highest BCUT2D eigenvalue weighted by molar-refractivity contribution is 5.87. The third-order valence-corrected chi connectivity index (χ3v) is 6.15. The molecule has 3 nitrogen and oxygen atoms in total. The van der Waals surface area contributed by atoms with E-state index >= 15 is 0 Å². The molecule has 0 atom stereocenters. The Morgan fingerprint density at radius 2 is 1.79 bits per heavy atom. The van der Waals surface area contributed by atoms with Gasteiger partial charge in [0.2, 0.25) is 0 Å². The van der Waals surface area contributed by atoms with Crippen LogP contribution >= 0.6 is 0 Å². The minimum Gasteiger partial charge on any atom is -0.493 e. The van der Waals surface area contributed by atoms with Gasteiger partial charge in [-0.2, -0.15) is 0 Å². The van der Waals surface area contributed by atoms with Crippen LogP contribution in [0.2, 0.25) is 0 Å². The lowest BCUT2D eigenvalue weighted by Gasteiger charge is -2.31.